The van der Waals surface area contributed by atoms with Gasteiger partial charge in [-0.05, 0) is 53.5 Å². The molecule has 3 aromatic rings. The molecule has 1 amide bonds. The molecule has 1 atom stereocenters. The number of benzene rings is 2. The fraction of sp³-hybridized carbons (Fsp3) is 0.375. The molecule has 206 valence electrons. The molecule has 4 rings (SSSR count). The highest BCUT2D eigenvalue weighted by molar-refractivity contribution is 7.98. The summed E-state index contributed by atoms with van der Waals surface area (Å²) >= 11 is 1.60. The molecule has 1 aliphatic heterocycles. The van der Waals surface area contributed by atoms with Crippen LogP contribution in [0.2, 0.25) is 0 Å². The van der Waals surface area contributed by atoms with Crippen LogP contribution < -0.4 is 14.2 Å². The molecule has 1 aliphatic rings. The molecule has 0 radical (unpaired) electrons. The third-order valence-electron chi connectivity index (χ3n) is 7.15. The predicted molar refractivity (Wildman–Crippen MR) is 158 cm³/mol. The summed E-state index contributed by atoms with van der Waals surface area (Å²) < 4.78 is 16.6. The first-order valence-corrected chi connectivity index (χ1v) is 14.3. The second kappa shape index (κ2) is 12.2. The predicted octanol–water partition coefficient (Wildman–Crippen LogP) is 6.75. The third-order valence-corrected chi connectivity index (χ3v) is 7.90. The third kappa shape index (κ3) is 6.41. The van der Waals surface area contributed by atoms with Gasteiger partial charge in [-0.15, -0.1) is 11.8 Å². The first-order chi connectivity index (χ1) is 18.7. The zero-order valence-corrected chi connectivity index (χ0v) is 24.7. The largest absolute Gasteiger partial charge is 0.497 e. The quantitative estimate of drug-likeness (QED) is 0.277. The van der Waals surface area contributed by atoms with E-state index in [1.165, 1.54) is 5.56 Å². The first-order valence-electron chi connectivity index (χ1n) is 13.1. The Morgan fingerprint density at radius 3 is 2.38 bits per heavy atom. The minimum atomic E-state index is -0.0883. The lowest BCUT2D eigenvalue weighted by Gasteiger charge is -2.25. The smallest absolute Gasteiger partial charge is 0.227 e. The number of amides is 1. The molecule has 0 N–H and O–H groups in total. The summed E-state index contributed by atoms with van der Waals surface area (Å²) in [4.78, 5) is 20.9. The summed E-state index contributed by atoms with van der Waals surface area (Å²) in [6, 6.07) is 18.4. The Morgan fingerprint density at radius 1 is 1.03 bits per heavy atom. The van der Waals surface area contributed by atoms with Crippen LogP contribution in [-0.2, 0) is 16.8 Å². The van der Waals surface area contributed by atoms with Gasteiger partial charge >= 0.3 is 0 Å². The number of thioether (sulfide) groups is 1. The number of ether oxygens (including phenoxy) is 3. The van der Waals surface area contributed by atoms with E-state index in [9.17, 15) is 4.79 Å². The maximum absolute atomic E-state index is 13.1. The molecule has 6 nitrogen and oxygen atoms in total. The van der Waals surface area contributed by atoms with E-state index >= 15 is 0 Å². The van der Waals surface area contributed by atoms with Gasteiger partial charge in [-0.3, -0.25) is 4.79 Å². The van der Waals surface area contributed by atoms with Gasteiger partial charge in [0, 0.05) is 30.2 Å². The topological polar surface area (TPSA) is 60.9 Å². The molecule has 7 heteroatoms. The average molecular weight is 547 g/mol. The van der Waals surface area contributed by atoms with Crippen molar-refractivity contribution in [3.05, 3.63) is 83.1 Å². The molecule has 2 heterocycles. The van der Waals surface area contributed by atoms with Crippen LogP contribution in [-0.4, -0.2) is 49.4 Å². The molecule has 0 saturated carbocycles. The number of nitrogens with zero attached hydrogens (tertiary/aromatic N) is 2. The van der Waals surface area contributed by atoms with Crippen molar-refractivity contribution in [1.29, 1.82) is 0 Å². The van der Waals surface area contributed by atoms with E-state index in [0.29, 0.717) is 24.6 Å². The van der Waals surface area contributed by atoms with Crippen molar-refractivity contribution in [2.45, 2.75) is 56.5 Å². The number of hydrogen-bond acceptors (Lipinski definition) is 6. The number of carbonyl (C=O) groups excluding carboxylic acids is 1. The summed E-state index contributed by atoms with van der Waals surface area (Å²) in [7, 11) is 4.91. The normalized spacial score (nSPS) is 16.0. The van der Waals surface area contributed by atoms with E-state index < -0.39 is 0 Å². The molecule has 1 fully saturated rings. The van der Waals surface area contributed by atoms with Crippen LogP contribution in [0.15, 0.2) is 65.6 Å². The molecule has 39 heavy (non-hydrogen) atoms. The van der Waals surface area contributed by atoms with Crippen LogP contribution in [0, 0.1) is 0 Å². The van der Waals surface area contributed by atoms with Gasteiger partial charge in [0.2, 0.25) is 11.8 Å². The second-order valence-electron chi connectivity index (χ2n) is 10.6. The Hall–Kier alpha value is -3.45. The van der Waals surface area contributed by atoms with Crippen molar-refractivity contribution in [3.63, 3.8) is 0 Å². The lowest BCUT2D eigenvalue weighted by molar-refractivity contribution is -0.129. The molecule has 2 aromatic carbocycles. The van der Waals surface area contributed by atoms with E-state index in [0.717, 1.165) is 39.5 Å². The number of methoxy groups -OCH3 is 3. The van der Waals surface area contributed by atoms with Gasteiger partial charge in [0.15, 0.2) is 0 Å². The lowest BCUT2D eigenvalue weighted by atomic mass is 9.86. The Bertz CT molecular complexity index is 1350. The molecule has 0 spiro atoms. The first kappa shape index (κ1) is 28.6. The van der Waals surface area contributed by atoms with Crippen molar-refractivity contribution in [3.8, 4) is 17.4 Å². The minimum absolute atomic E-state index is 0.0516. The number of carbonyl (C=O) groups is 1. The number of pyridine rings is 1. The van der Waals surface area contributed by atoms with Gasteiger partial charge in [-0.25, -0.2) is 4.98 Å². The van der Waals surface area contributed by atoms with Crippen molar-refractivity contribution < 1.29 is 19.0 Å². The van der Waals surface area contributed by atoms with E-state index in [1.54, 1.807) is 33.1 Å². The molecule has 0 aliphatic carbocycles. The van der Waals surface area contributed by atoms with Crippen LogP contribution in [0.25, 0.3) is 5.57 Å². The summed E-state index contributed by atoms with van der Waals surface area (Å²) in [5.41, 5.74) is 5.10. The summed E-state index contributed by atoms with van der Waals surface area (Å²) in [6.07, 6.45) is 5.43. The van der Waals surface area contributed by atoms with E-state index in [-0.39, 0.29) is 17.4 Å². The van der Waals surface area contributed by atoms with Crippen LogP contribution in [0.4, 0.5) is 0 Å². The second-order valence-corrected chi connectivity index (χ2v) is 11.5. The highest BCUT2D eigenvalue weighted by Crippen LogP contribution is 2.35. The Balaban J connectivity index is 1.77. The number of likely N-dealkylation sites (tertiary alicyclic amines) is 1. The Kier molecular flexibility index (Phi) is 8.90. The fourth-order valence-corrected chi connectivity index (χ4v) is 5.36. The van der Waals surface area contributed by atoms with Gasteiger partial charge in [0.25, 0.3) is 0 Å². The number of rotatable bonds is 9. The average Bonchev–Trinajstić information content (AvgIpc) is 3.29. The number of aromatic nitrogens is 1. The highest BCUT2D eigenvalue weighted by atomic mass is 32.2. The van der Waals surface area contributed by atoms with Crippen LogP contribution in [0.5, 0.6) is 17.4 Å². The molecule has 1 aromatic heterocycles. The standard InChI is InChI=1S/C32H38N2O4S/c1-32(2,3)23-11-8-21(9-12-23)26(27-15-16-29(39-7)31(33-27)38-6)18-24-13-17-30(35)34(24)20-22-10-14-25(36-4)19-28(22)37-5/h8-12,14-16,18-19,24H,13,17,20H2,1-7H3/t24-/m1/s1. The molecule has 0 bridgehead atoms. The van der Waals surface area contributed by atoms with E-state index in [2.05, 4.69) is 51.1 Å². The summed E-state index contributed by atoms with van der Waals surface area (Å²) in [5, 5.41) is 0. The minimum Gasteiger partial charge on any atom is -0.497 e. The Labute approximate surface area is 236 Å². The zero-order valence-electron chi connectivity index (χ0n) is 23.9. The molecule has 1 saturated heterocycles. The Morgan fingerprint density at radius 2 is 1.77 bits per heavy atom. The number of hydrogen-bond donors (Lipinski definition) is 0. The van der Waals surface area contributed by atoms with Crippen molar-refractivity contribution in [2.75, 3.05) is 27.6 Å². The van der Waals surface area contributed by atoms with Crippen LogP contribution >= 0.6 is 11.8 Å². The zero-order chi connectivity index (χ0) is 28.2. The van der Waals surface area contributed by atoms with E-state index in [1.807, 2.05) is 41.5 Å². The molecular weight excluding hydrogens is 508 g/mol. The molecule has 0 unspecified atom stereocenters. The van der Waals surface area contributed by atoms with Crippen molar-refractivity contribution in [1.82, 2.24) is 9.88 Å². The van der Waals surface area contributed by atoms with Crippen molar-refractivity contribution >= 4 is 23.2 Å². The lowest BCUT2D eigenvalue weighted by Crippen LogP contribution is -2.31. The monoisotopic (exact) mass is 546 g/mol. The van der Waals surface area contributed by atoms with Gasteiger partial charge in [0.1, 0.15) is 11.5 Å². The molecular formula is C32H38N2O4S. The van der Waals surface area contributed by atoms with Crippen molar-refractivity contribution in [2.24, 2.45) is 0 Å². The highest BCUT2D eigenvalue weighted by Gasteiger charge is 2.31. The van der Waals surface area contributed by atoms with Crippen LogP contribution in [0.3, 0.4) is 0 Å². The summed E-state index contributed by atoms with van der Waals surface area (Å²) in [6.45, 7) is 7.08. The van der Waals surface area contributed by atoms with Gasteiger partial charge in [-0.1, -0.05) is 51.1 Å². The van der Waals surface area contributed by atoms with Gasteiger partial charge in [-0.2, -0.15) is 0 Å². The SMILES string of the molecule is COc1ccc(CN2C(=O)CC[C@@H]2C=C(c2ccc(C(C)(C)C)cc2)c2ccc(SC)c(OC)n2)c(OC)c1. The van der Waals surface area contributed by atoms with Gasteiger partial charge in [0.05, 0.1) is 38.0 Å². The van der Waals surface area contributed by atoms with Gasteiger partial charge < -0.3 is 19.1 Å². The maximum Gasteiger partial charge on any atom is 0.227 e. The maximum atomic E-state index is 13.1. The summed E-state index contributed by atoms with van der Waals surface area (Å²) in [5.74, 6) is 2.14. The van der Waals surface area contributed by atoms with E-state index in [4.69, 9.17) is 19.2 Å². The fourth-order valence-electron chi connectivity index (χ4n) is 4.85. The van der Waals surface area contributed by atoms with Crippen LogP contribution in [0.1, 0.15) is 56.0 Å².